The summed E-state index contributed by atoms with van der Waals surface area (Å²) < 4.78 is 20.1. The highest BCUT2D eigenvalue weighted by Gasteiger charge is 2.24. The Bertz CT molecular complexity index is 630. The fourth-order valence-corrected chi connectivity index (χ4v) is 2.74. The second-order valence-electron chi connectivity index (χ2n) is 6.34. The molecule has 8 heteroatoms. The van der Waals surface area contributed by atoms with Gasteiger partial charge in [-0.15, -0.1) is 0 Å². The lowest BCUT2D eigenvalue weighted by atomic mass is 10.2. The van der Waals surface area contributed by atoms with Gasteiger partial charge in [-0.25, -0.2) is 4.39 Å². The monoisotopic (exact) mass is 353 g/mol. The topological polar surface area (TPSA) is 90.9 Å². The molecule has 2 rings (SSSR count). The lowest BCUT2D eigenvalue weighted by Crippen LogP contribution is -2.45. The zero-order valence-corrected chi connectivity index (χ0v) is 14.6. The molecule has 0 bridgehead atoms. The number of aliphatic hydroxyl groups excluding tert-OH is 1. The minimum Gasteiger partial charge on any atom is -0.394 e. The molecule has 0 radical (unpaired) electrons. The number of anilines is 2. The average Bonchev–Trinajstić information content (AvgIpc) is 2.53. The fourth-order valence-electron chi connectivity index (χ4n) is 2.74. The normalized spacial score (nSPS) is 21.6. The molecule has 7 nitrogen and oxygen atoms in total. The summed E-state index contributed by atoms with van der Waals surface area (Å²) in [4.78, 5) is 25.3. The molecule has 1 saturated heterocycles. The maximum atomic E-state index is 14.4. The predicted octanol–water partition coefficient (Wildman–Crippen LogP) is 0.875. The third kappa shape index (κ3) is 5.14. The van der Waals surface area contributed by atoms with Crippen LogP contribution in [0.2, 0.25) is 0 Å². The van der Waals surface area contributed by atoms with Crippen LogP contribution in [-0.2, 0) is 14.3 Å². The van der Waals surface area contributed by atoms with Gasteiger partial charge in [0.05, 0.1) is 24.5 Å². The maximum Gasteiger partial charge on any atom is 0.313 e. The summed E-state index contributed by atoms with van der Waals surface area (Å²) in [5, 5.41) is 13.5. The number of amides is 2. The molecule has 0 spiro atoms. The van der Waals surface area contributed by atoms with Crippen molar-refractivity contribution in [3.05, 3.63) is 24.0 Å². The van der Waals surface area contributed by atoms with E-state index in [0.29, 0.717) is 18.8 Å². The number of hydrogen-bond acceptors (Lipinski definition) is 5. The molecule has 1 aliphatic heterocycles. The molecule has 3 atom stereocenters. The van der Waals surface area contributed by atoms with Crippen molar-refractivity contribution in [3.8, 4) is 0 Å². The summed E-state index contributed by atoms with van der Waals surface area (Å²) in [5.41, 5.74) is 0.616. The van der Waals surface area contributed by atoms with Gasteiger partial charge in [-0.1, -0.05) is 0 Å². The maximum absolute atomic E-state index is 14.4. The van der Waals surface area contributed by atoms with E-state index in [1.165, 1.54) is 6.07 Å². The minimum atomic E-state index is -0.916. The Hall–Kier alpha value is -2.19. The minimum absolute atomic E-state index is 0.000241. The van der Waals surface area contributed by atoms with E-state index in [0.717, 1.165) is 0 Å². The highest BCUT2D eigenvalue weighted by molar-refractivity contribution is 6.39. The Kier molecular flexibility index (Phi) is 6.33. The molecule has 0 aromatic heterocycles. The quantitative estimate of drug-likeness (QED) is 0.699. The van der Waals surface area contributed by atoms with Crippen LogP contribution in [0, 0.1) is 5.82 Å². The first-order valence-corrected chi connectivity index (χ1v) is 8.22. The van der Waals surface area contributed by atoms with Gasteiger partial charge >= 0.3 is 11.8 Å². The highest BCUT2D eigenvalue weighted by atomic mass is 19.1. The summed E-state index contributed by atoms with van der Waals surface area (Å²) in [5.74, 6) is -2.29. The van der Waals surface area contributed by atoms with E-state index in [1.54, 1.807) is 19.1 Å². The van der Waals surface area contributed by atoms with E-state index < -0.39 is 23.7 Å². The van der Waals surface area contributed by atoms with Gasteiger partial charge < -0.3 is 25.4 Å². The van der Waals surface area contributed by atoms with Gasteiger partial charge in [0.2, 0.25) is 0 Å². The summed E-state index contributed by atoms with van der Waals surface area (Å²) in [6, 6.07) is 3.76. The summed E-state index contributed by atoms with van der Waals surface area (Å²) >= 11 is 0. The van der Waals surface area contributed by atoms with Crippen molar-refractivity contribution < 1.29 is 23.8 Å². The van der Waals surface area contributed by atoms with Crippen LogP contribution in [0.5, 0.6) is 0 Å². The van der Waals surface area contributed by atoms with Crippen molar-refractivity contribution in [1.82, 2.24) is 5.32 Å². The number of nitrogens with zero attached hydrogens (tertiary/aromatic N) is 1. The van der Waals surface area contributed by atoms with Crippen molar-refractivity contribution in [1.29, 1.82) is 0 Å². The molecule has 1 aromatic rings. The first-order chi connectivity index (χ1) is 11.8. The van der Waals surface area contributed by atoms with E-state index in [2.05, 4.69) is 10.6 Å². The number of carbonyl (C=O) groups excluding carboxylic acids is 2. The number of ether oxygens (including phenoxy) is 1. The van der Waals surface area contributed by atoms with Gasteiger partial charge in [0.15, 0.2) is 0 Å². The molecular weight excluding hydrogens is 329 g/mol. The van der Waals surface area contributed by atoms with Crippen molar-refractivity contribution in [3.63, 3.8) is 0 Å². The molecule has 1 aromatic carbocycles. The lowest BCUT2D eigenvalue weighted by molar-refractivity contribution is -0.136. The van der Waals surface area contributed by atoms with Gasteiger partial charge in [0, 0.05) is 24.8 Å². The van der Waals surface area contributed by atoms with Gasteiger partial charge in [0.25, 0.3) is 0 Å². The zero-order chi connectivity index (χ0) is 18.6. The highest BCUT2D eigenvalue weighted by Crippen LogP contribution is 2.26. The molecule has 0 unspecified atom stereocenters. The fraction of sp³-hybridized carbons (Fsp3) is 0.529. The van der Waals surface area contributed by atoms with Crippen LogP contribution in [0.4, 0.5) is 15.8 Å². The molecule has 1 fully saturated rings. The van der Waals surface area contributed by atoms with Crippen LogP contribution in [0.15, 0.2) is 18.2 Å². The summed E-state index contributed by atoms with van der Waals surface area (Å²) in [6.45, 7) is 6.30. The number of rotatable bonds is 4. The van der Waals surface area contributed by atoms with Crippen LogP contribution < -0.4 is 15.5 Å². The van der Waals surface area contributed by atoms with Crippen molar-refractivity contribution in [2.75, 3.05) is 29.9 Å². The largest absolute Gasteiger partial charge is 0.394 e. The molecule has 0 aliphatic carbocycles. The SMILES string of the molecule is C[C@H](CO)NC(=O)C(=O)Nc1ccc(N2C[C@H](C)O[C@@H](C)C2)c(F)c1. The van der Waals surface area contributed by atoms with Crippen molar-refractivity contribution in [2.45, 2.75) is 39.0 Å². The molecule has 25 heavy (non-hydrogen) atoms. The molecule has 2 amide bonds. The number of hydrogen-bond donors (Lipinski definition) is 3. The first-order valence-electron chi connectivity index (χ1n) is 8.22. The lowest BCUT2D eigenvalue weighted by Gasteiger charge is -2.37. The van der Waals surface area contributed by atoms with Crippen LogP contribution >= 0.6 is 0 Å². The average molecular weight is 353 g/mol. The van der Waals surface area contributed by atoms with Gasteiger partial charge in [-0.3, -0.25) is 9.59 Å². The number of aliphatic hydroxyl groups is 1. The molecular formula is C17H24FN3O4. The second kappa shape index (κ2) is 8.26. The Morgan fingerprint density at radius 2 is 1.96 bits per heavy atom. The molecule has 1 aliphatic rings. The Labute approximate surface area is 146 Å². The summed E-state index contributed by atoms with van der Waals surface area (Å²) in [6.07, 6.45) is -0.000482. The molecule has 0 saturated carbocycles. The van der Waals surface area contributed by atoms with Crippen LogP contribution in [0.3, 0.4) is 0 Å². The van der Waals surface area contributed by atoms with E-state index in [-0.39, 0.29) is 24.5 Å². The third-order valence-corrected chi connectivity index (χ3v) is 3.82. The Balaban J connectivity index is 2.04. The van der Waals surface area contributed by atoms with Crippen molar-refractivity contribution in [2.24, 2.45) is 0 Å². The van der Waals surface area contributed by atoms with E-state index in [1.807, 2.05) is 18.7 Å². The number of carbonyl (C=O) groups is 2. The number of benzene rings is 1. The molecule has 3 N–H and O–H groups in total. The van der Waals surface area contributed by atoms with Crippen LogP contribution in [0.25, 0.3) is 0 Å². The smallest absolute Gasteiger partial charge is 0.313 e. The predicted molar refractivity (Wildman–Crippen MR) is 91.9 cm³/mol. The van der Waals surface area contributed by atoms with Crippen molar-refractivity contribution >= 4 is 23.2 Å². The zero-order valence-electron chi connectivity index (χ0n) is 14.6. The Morgan fingerprint density at radius 1 is 1.32 bits per heavy atom. The van der Waals surface area contributed by atoms with E-state index in [9.17, 15) is 14.0 Å². The first kappa shape index (κ1) is 19.1. The van der Waals surface area contributed by atoms with E-state index >= 15 is 0 Å². The van der Waals surface area contributed by atoms with Gasteiger partial charge in [-0.2, -0.15) is 0 Å². The number of nitrogens with one attached hydrogen (secondary N) is 2. The number of morpholine rings is 1. The van der Waals surface area contributed by atoms with E-state index in [4.69, 9.17) is 9.84 Å². The molecule has 138 valence electrons. The standard InChI is InChI=1S/C17H24FN3O4/c1-10(9-22)19-16(23)17(24)20-13-4-5-15(14(18)6-13)21-7-11(2)25-12(3)8-21/h4-6,10-12,22H,7-9H2,1-3H3,(H,19,23)(H,20,24)/t10-,11+,12+/m1/s1. The Morgan fingerprint density at radius 3 is 2.52 bits per heavy atom. The second-order valence-corrected chi connectivity index (χ2v) is 6.34. The van der Waals surface area contributed by atoms with Gasteiger partial charge in [-0.05, 0) is 39.0 Å². The van der Waals surface area contributed by atoms with Gasteiger partial charge in [0.1, 0.15) is 5.82 Å². The summed E-state index contributed by atoms with van der Waals surface area (Å²) in [7, 11) is 0. The third-order valence-electron chi connectivity index (χ3n) is 3.82. The van der Waals surface area contributed by atoms with Crippen LogP contribution in [-0.4, -0.2) is 54.9 Å². The van der Waals surface area contributed by atoms with Crippen LogP contribution in [0.1, 0.15) is 20.8 Å². The molecule has 1 heterocycles. The number of halogens is 1.